The van der Waals surface area contributed by atoms with Crippen molar-refractivity contribution in [3.05, 3.63) is 65.5 Å². The van der Waals surface area contributed by atoms with E-state index in [1.54, 1.807) is 24.1 Å². The van der Waals surface area contributed by atoms with Gasteiger partial charge in [0.15, 0.2) is 0 Å². The summed E-state index contributed by atoms with van der Waals surface area (Å²) in [6.45, 7) is 0.444. The molecule has 9 heteroatoms. The minimum atomic E-state index is -3.82. The monoisotopic (exact) mass is 409 g/mol. The van der Waals surface area contributed by atoms with Crippen LogP contribution in [0.15, 0.2) is 53.7 Å². The van der Waals surface area contributed by atoms with E-state index < -0.39 is 10.0 Å². The summed E-state index contributed by atoms with van der Waals surface area (Å²) in [6.07, 6.45) is 3.78. The van der Waals surface area contributed by atoms with Crippen LogP contribution in [0.3, 0.4) is 0 Å². The molecule has 5 rings (SSSR count). The molecule has 2 aromatic carbocycles. The molecule has 0 spiro atoms. The average molecular weight is 409 g/mol. The number of aromatic nitrogens is 3. The van der Waals surface area contributed by atoms with Crippen LogP contribution in [-0.2, 0) is 16.6 Å². The van der Waals surface area contributed by atoms with Gasteiger partial charge < -0.3 is 4.90 Å². The molecule has 2 heterocycles. The van der Waals surface area contributed by atoms with E-state index >= 15 is 0 Å². The summed E-state index contributed by atoms with van der Waals surface area (Å²) in [6, 6.07) is 12.9. The standard InChI is InChI=1S/C20H19N5O3S/c1-24(11-13-2-4-14(5-3-13)15-6-7-15)19(26)16-8-9-17-18(10-16)29(27,28)23-20-21-12-22-25(17)20/h2-5,8-10,12,15H,6-7,11H2,1H3,(H,21,22,23). The first kappa shape index (κ1) is 17.9. The number of carbonyl (C=O) groups is 1. The fourth-order valence-corrected chi connectivity index (χ4v) is 4.78. The first-order valence-electron chi connectivity index (χ1n) is 9.34. The van der Waals surface area contributed by atoms with Crippen LogP contribution in [0, 0.1) is 0 Å². The molecule has 0 saturated heterocycles. The number of sulfonamides is 1. The quantitative estimate of drug-likeness (QED) is 0.714. The SMILES string of the molecule is CN(Cc1ccc(C2CC2)cc1)C(=O)c1ccc2c(c1)S(=O)(=O)Nc1ncnn1-2. The van der Waals surface area contributed by atoms with E-state index in [9.17, 15) is 13.2 Å². The molecule has 1 amide bonds. The summed E-state index contributed by atoms with van der Waals surface area (Å²) in [5, 5.41) is 4.04. The number of nitrogens with zero attached hydrogens (tertiary/aromatic N) is 4. The Bertz CT molecular complexity index is 1210. The van der Waals surface area contributed by atoms with Crippen LogP contribution < -0.4 is 4.72 Å². The Morgan fingerprint density at radius 3 is 2.69 bits per heavy atom. The molecule has 1 aromatic heterocycles. The Kier molecular flexibility index (Phi) is 3.95. The van der Waals surface area contributed by atoms with E-state index in [-0.39, 0.29) is 16.8 Å². The minimum absolute atomic E-state index is 0.00327. The van der Waals surface area contributed by atoms with Crippen molar-refractivity contribution in [1.29, 1.82) is 0 Å². The lowest BCUT2D eigenvalue weighted by Crippen LogP contribution is -2.28. The van der Waals surface area contributed by atoms with Crippen LogP contribution in [0.1, 0.15) is 40.2 Å². The molecule has 0 bridgehead atoms. The number of hydrogen-bond donors (Lipinski definition) is 1. The summed E-state index contributed by atoms with van der Waals surface area (Å²) in [5.74, 6) is 0.571. The van der Waals surface area contributed by atoms with Gasteiger partial charge in [0.05, 0.1) is 5.69 Å². The molecular formula is C20H19N5O3S. The van der Waals surface area contributed by atoms with Gasteiger partial charge in [-0.3, -0.25) is 4.79 Å². The molecule has 2 aliphatic rings. The molecule has 1 fully saturated rings. The predicted octanol–water partition coefficient (Wildman–Crippen LogP) is 2.53. The number of rotatable bonds is 4. The second kappa shape index (κ2) is 6.41. The molecule has 8 nitrogen and oxygen atoms in total. The number of nitrogens with one attached hydrogen (secondary N) is 1. The predicted molar refractivity (Wildman–Crippen MR) is 106 cm³/mol. The number of amides is 1. The second-order valence-corrected chi connectivity index (χ2v) is 9.11. The molecule has 1 saturated carbocycles. The van der Waals surface area contributed by atoms with E-state index in [1.165, 1.54) is 35.5 Å². The van der Waals surface area contributed by atoms with Crippen LogP contribution in [-0.4, -0.2) is 41.0 Å². The Morgan fingerprint density at radius 2 is 1.97 bits per heavy atom. The topological polar surface area (TPSA) is 97.2 Å². The van der Waals surface area contributed by atoms with Crippen LogP contribution in [0.4, 0.5) is 5.95 Å². The third kappa shape index (κ3) is 3.17. The van der Waals surface area contributed by atoms with E-state index in [0.29, 0.717) is 23.7 Å². The van der Waals surface area contributed by atoms with Gasteiger partial charge >= 0.3 is 0 Å². The fraction of sp³-hybridized carbons (Fsp3) is 0.250. The van der Waals surface area contributed by atoms with Gasteiger partial charge in [-0.2, -0.15) is 14.8 Å². The molecule has 0 radical (unpaired) electrons. The van der Waals surface area contributed by atoms with Crippen LogP contribution >= 0.6 is 0 Å². The lowest BCUT2D eigenvalue weighted by Gasteiger charge is -2.21. The van der Waals surface area contributed by atoms with Gasteiger partial charge in [0.2, 0.25) is 5.95 Å². The second-order valence-electron chi connectivity index (χ2n) is 7.46. The number of hydrogen-bond acceptors (Lipinski definition) is 5. The first-order chi connectivity index (χ1) is 13.9. The summed E-state index contributed by atoms with van der Waals surface area (Å²) in [4.78, 5) is 18.4. The van der Waals surface area contributed by atoms with Crippen molar-refractivity contribution < 1.29 is 13.2 Å². The Hall–Kier alpha value is -3.20. The van der Waals surface area contributed by atoms with Gasteiger partial charge in [0.25, 0.3) is 15.9 Å². The highest BCUT2D eigenvalue weighted by molar-refractivity contribution is 7.93. The van der Waals surface area contributed by atoms with Gasteiger partial charge in [-0.25, -0.2) is 13.1 Å². The van der Waals surface area contributed by atoms with E-state index in [4.69, 9.17) is 0 Å². The van der Waals surface area contributed by atoms with Gasteiger partial charge in [0.1, 0.15) is 11.2 Å². The molecular weight excluding hydrogens is 390 g/mol. The summed E-state index contributed by atoms with van der Waals surface area (Å²) < 4.78 is 28.9. The maximum atomic E-state index is 12.9. The zero-order valence-electron chi connectivity index (χ0n) is 15.7. The molecule has 148 valence electrons. The van der Waals surface area contributed by atoms with Gasteiger partial charge in [0, 0.05) is 19.2 Å². The first-order valence-corrected chi connectivity index (χ1v) is 10.8. The van der Waals surface area contributed by atoms with Crippen molar-refractivity contribution >= 4 is 21.9 Å². The molecule has 3 aromatic rings. The Morgan fingerprint density at radius 1 is 1.21 bits per heavy atom. The van der Waals surface area contributed by atoms with Crippen LogP contribution in [0.5, 0.6) is 0 Å². The molecule has 1 aliphatic heterocycles. The van der Waals surface area contributed by atoms with Crippen LogP contribution in [0.25, 0.3) is 5.69 Å². The molecule has 1 N–H and O–H groups in total. The summed E-state index contributed by atoms with van der Waals surface area (Å²) in [7, 11) is -2.11. The fourth-order valence-electron chi connectivity index (χ4n) is 3.58. The highest BCUT2D eigenvalue weighted by atomic mass is 32.2. The van der Waals surface area contributed by atoms with Crippen molar-refractivity contribution in [3.63, 3.8) is 0 Å². The van der Waals surface area contributed by atoms with Crippen molar-refractivity contribution in [2.45, 2.75) is 30.2 Å². The number of fused-ring (bicyclic) bond motifs is 3. The lowest BCUT2D eigenvalue weighted by molar-refractivity contribution is 0.0785. The van der Waals surface area contributed by atoms with Gasteiger partial charge in [-0.05, 0) is 48.1 Å². The number of anilines is 1. The maximum Gasteiger partial charge on any atom is 0.266 e. The van der Waals surface area contributed by atoms with E-state index in [0.717, 1.165) is 5.56 Å². The maximum absolute atomic E-state index is 12.9. The Labute approximate surface area is 168 Å². The van der Waals surface area contributed by atoms with Crippen molar-refractivity contribution in [1.82, 2.24) is 19.7 Å². The molecule has 29 heavy (non-hydrogen) atoms. The third-order valence-electron chi connectivity index (χ3n) is 5.29. The number of benzene rings is 2. The minimum Gasteiger partial charge on any atom is -0.337 e. The zero-order valence-corrected chi connectivity index (χ0v) is 16.6. The highest BCUT2D eigenvalue weighted by Crippen LogP contribution is 2.40. The van der Waals surface area contributed by atoms with Crippen LogP contribution in [0.2, 0.25) is 0 Å². The van der Waals surface area contributed by atoms with Crippen molar-refractivity contribution in [2.75, 3.05) is 11.8 Å². The molecule has 0 atom stereocenters. The molecule has 1 aliphatic carbocycles. The molecule has 0 unspecified atom stereocenters. The van der Waals surface area contributed by atoms with Gasteiger partial charge in [-0.1, -0.05) is 24.3 Å². The van der Waals surface area contributed by atoms with Crippen molar-refractivity contribution in [3.8, 4) is 5.69 Å². The number of carbonyl (C=O) groups excluding carboxylic acids is 1. The lowest BCUT2D eigenvalue weighted by atomic mass is 10.1. The highest BCUT2D eigenvalue weighted by Gasteiger charge is 2.30. The zero-order chi connectivity index (χ0) is 20.2. The summed E-state index contributed by atoms with van der Waals surface area (Å²) >= 11 is 0. The van der Waals surface area contributed by atoms with Gasteiger partial charge in [-0.15, -0.1) is 0 Å². The van der Waals surface area contributed by atoms with E-state index in [1.807, 2.05) is 12.1 Å². The average Bonchev–Trinajstić information content (AvgIpc) is 3.46. The third-order valence-corrected chi connectivity index (χ3v) is 6.65. The summed E-state index contributed by atoms with van der Waals surface area (Å²) in [5.41, 5.74) is 3.05. The van der Waals surface area contributed by atoms with Crippen molar-refractivity contribution in [2.24, 2.45) is 0 Å². The van der Waals surface area contributed by atoms with E-state index in [2.05, 4.69) is 26.9 Å². The smallest absolute Gasteiger partial charge is 0.266 e. The Balaban J connectivity index is 1.40. The largest absolute Gasteiger partial charge is 0.337 e. The normalized spacial score (nSPS) is 16.4.